The van der Waals surface area contributed by atoms with E-state index in [4.69, 9.17) is 0 Å². The molecule has 0 aromatic carbocycles. The first kappa shape index (κ1) is 9.92. The summed E-state index contributed by atoms with van der Waals surface area (Å²) < 4.78 is 0. The van der Waals surface area contributed by atoms with Gasteiger partial charge in [-0.1, -0.05) is 6.07 Å². The van der Waals surface area contributed by atoms with E-state index in [9.17, 15) is 4.79 Å². The molecule has 0 saturated carbocycles. The van der Waals surface area contributed by atoms with Gasteiger partial charge in [-0.2, -0.15) is 5.10 Å². The largest absolute Gasteiger partial charge is 0.346 e. The van der Waals surface area contributed by atoms with Crippen molar-refractivity contribution in [3.63, 3.8) is 0 Å². The van der Waals surface area contributed by atoms with Gasteiger partial charge in [-0.05, 0) is 24.4 Å². The van der Waals surface area contributed by atoms with E-state index >= 15 is 0 Å². The van der Waals surface area contributed by atoms with Crippen molar-refractivity contribution in [1.82, 2.24) is 15.5 Å². The number of carbonyl (C=O) groups excluding carboxylic acids is 1. The summed E-state index contributed by atoms with van der Waals surface area (Å²) in [5.41, 5.74) is 1.32. The fraction of sp³-hybridized carbons (Fsp3) is 0.200. The number of carbonyl (C=O) groups is 1. The van der Waals surface area contributed by atoms with Gasteiger partial charge in [0.2, 0.25) is 0 Å². The van der Waals surface area contributed by atoms with Crippen molar-refractivity contribution in [2.75, 3.05) is 0 Å². The van der Waals surface area contributed by atoms with Gasteiger partial charge in [0.15, 0.2) is 0 Å². The van der Waals surface area contributed by atoms with Gasteiger partial charge in [0.1, 0.15) is 5.69 Å². The fourth-order valence-corrected chi connectivity index (χ4v) is 1.85. The third kappa shape index (κ3) is 2.44. The summed E-state index contributed by atoms with van der Waals surface area (Å²) in [5.74, 6) is -0.146. The number of aromatic amines is 1. The molecule has 0 radical (unpaired) electrons. The minimum absolute atomic E-state index is 0.146. The Hall–Kier alpha value is -1.62. The molecule has 0 aliphatic heterocycles. The molecule has 1 amide bonds. The Bertz CT molecular complexity index is 447. The fourth-order valence-electron chi connectivity index (χ4n) is 1.21. The second kappa shape index (κ2) is 4.27. The van der Waals surface area contributed by atoms with Gasteiger partial charge in [-0.3, -0.25) is 9.89 Å². The number of hydrogen-bond acceptors (Lipinski definition) is 3. The lowest BCUT2D eigenvalue weighted by Crippen LogP contribution is -2.22. The number of amides is 1. The molecule has 0 unspecified atom stereocenters. The van der Waals surface area contributed by atoms with Crippen molar-refractivity contribution in [3.8, 4) is 0 Å². The molecule has 0 aliphatic rings. The van der Waals surface area contributed by atoms with Crippen LogP contribution in [0.25, 0.3) is 0 Å². The summed E-state index contributed by atoms with van der Waals surface area (Å²) >= 11 is 1.62. The molecule has 0 atom stereocenters. The maximum absolute atomic E-state index is 11.6. The standard InChI is InChI=1S/C10H11N3OS/c1-7-5-9(13-12-7)10(14)11-6-8-3-2-4-15-8/h2-5H,6H2,1H3,(H,11,14)(H,12,13). The summed E-state index contributed by atoms with van der Waals surface area (Å²) in [6, 6.07) is 5.68. The summed E-state index contributed by atoms with van der Waals surface area (Å²) in [7, 11) is 0. The van der Waals surface area contributed by atoms with Crippen LogP contribution in [0.2, 0.25) is 0 Å². The maximum Gasteiger partial charge on any atom is 0.272 e. The first-order chi connectivity index (χ1) is 7.25. The van der Waals surface area contributed by atoms with E-state index in [1.807, 2.05) is 24.4 Å². The molecular weight excluding hydrogens is 210 g/mol. The molecular formula is C10H11N3OS. The highest BCUT2D eigenvalue weighted by Crippen LogP contribution is 2.07. The Kier molecular flexibility index (Phi) is 2.82. The molecule has 15 heavy (non-hydrogen) atoms. The average Bonchev–Trinajstić information content (AvgIpc) is 2.84. The molecule has 0 saturated heterocycles. The molecule has 4 nitrogen and oxygen atoms in total. The highest BCUT2D eigenvalue weighted by Gasteiger charge is 2.08. The van der Waals surface area contributed by atoms with Crippen LogP contribution >= 0.6 is 11.3 Å². The first-order valence-electron chi connectivity index (χ1n) is 4.58. The van der Waals surface area contributed by atoms with Crippen molar-refractivity contribution in [1.29, 1.82) is 0 Å². The molecule has 0 spiro atoms. The van der Waals surface area contributed by atoms with E-state index in [-0.39, 0.29) is 5.91 Å². The van der Waals surface area contributed by atoms with E-state index in [0.717, 1.165) is 10.6 Å². The molecule has 2 rings (SSSR count). The van der Waals surface area contributed by atoms with Crippen molar-refractivity contribution >= 4 is 17.2 Å². The quantitative estimate of drug-likeness (QED) is 0.829. The van der Waals surface area contributed by atoms with Crippen LogP contribution < -0.4 is 5.32 Å². The second-order valence-corrected chi connectivity index (χ2v) is 4.23. The van der Waals surface area contributed by atoms with E-state index in [2.05, 4.69) is 15.5 Å². The molecule has 0 fully saturated rings. The van der Waals surface area contributed by atoms with Crippen LogP contribution in [0.5, 0.6) is 0 Å². The van der Waals surface area contributed by atoms with Gasteiger partial charge in [-0.15, -0.1) is 11.3 Å². The minimum Gasteiger partial charge on any atom is -0.346 e. The monoisotopic (exact) mass is 221 g/mol. The van der Waals surface area contributed by atoms with Crippen LogP contribution in [-0.4, -0.2) is 16.1 Å². The van der Waals surface area contributed by atoms with Gasteiger partial charge >= 0.3 is 0 Å². The van der Waals surface area contributed by atoms with Gasteiger partial charge < -0.3 is 5.32 Å². The highest BCUT2D eigenvalue weighted by molar-refractivity contribution is 7.09. The van der Waals surface area contributed by atoms with Gasteiger partial charge in [0, 0.05) is 10.6 Å². The molecule has 0 aliphatic carbocycles. The second-order valence-electron chi connectivity index (χ2n) is 3.20. The van der Waals surface area contributed by atoms with Crippen molar-refractivity contribution in [2.24, 2.45) is 0 Å². The number of hydrogen-bond donors (Lipinski definition) is 2. The maximum atomic E-state index is 11.6. The molecule has 2 aromatic heterocycles. The molecule has 5 heteroatoms. The predicted octanol–water partition coefficient (Wildman–Crippen LogP) is 1.71. The molecule has 78 valence electrons. The van der Waals surface area contributed by atoms with E-state index in [0.29, 0.717) is 12.2 Å². The van der Waals surface area contributed by atoms with Crippen LogP contribution in [0.1, 0.15) is 21.1 Å². The van der Waals surface area contributed by atoms with Gasteiger partial charge in [0.25, 0.3) is 5.91 Å². The summed E-state index contributed by atoms with van der Waals surface area (Å²) in [6.45, 7) is 2.42. The van der Waals surface area contributed by atoms with Crippen LogP contribution in [0.3, 0.4) is 0 Å². The number of aryl methyl sites for hydroxylation is 1. The zero-order valence-corrected chi connectivity index (χ0v) is 9.10. The van der Waals surface area contributed by atoms with Crippen LogP contribution in [0, 0.1) is 6.92 Å². The molecule has 2 aromatic rings. The number of aromatic nitrogens is 2. The SMILES string of the molecule is Cc1cc(C(=O)NCc2cccs2)n[nH]1. The normalized spacial score (nSPS) is 10.2. The van der Waals surface area contributed by atoms with Crippen LogP contribution in [-0.2, 0) is 6.54 Å². The molecule has 2 heterocycles. The summed E-state index contributed by atoms with van der Waals surface area (Å²) in [4.78, 5) is 12.7. The van der Waals surface area contributed by atoms with Gasteiger partial charge in [0.05, 0.1) is 6.54 Å². The van der Waals surface area contributed by atoms with E-state index < -0.39 is 0 Å². The Morgan fingerprint density at radius 1 is 1.67 bits per heavy atom. The number of rotatable bonds is 3. The van der Waals surface area contributed by atoms with E-state index in [1.54, 1.807) is 17.4 Å². The van der Waals surface area contributed by atoms with Gasteiger partial charge in [-0.25, -0.2) is 0 Å². The Morgan fingerprint density at radius 2 is 2.53 bits per heavy atom. The van der Waals surface area contributed by atoms with Crippen LogP contribution in [0.4, 0.5) is 0 Å². The smallest absolute Gasteiger partial charge is 0.272 e. The summed E-state index contributed by atoms with van der Waals surface area (Å²) in [6.07, 6.45) is 0. The summed E-state index contributed by atoms with van der Waals surface area (Å²) in [5, 5.41) is 11.4. The van der Waals surface area contributed by atoms with Crippen molar-refractivity contribution in [2.45, 2.75) is 13.5 Å². The third-order valence-corrected chi connectivity index (χ3v) is 2.82. The highest BCUT2D eigenvalue weighted by atomic mass is 32.1. The van der Waals surface area contributed by atoms with Crippen molar-refractivity contribution in [3.05, 3.63) is 39.8 Å². The van der Waals surface area contributed by atoms with Crippen LogP contribution in [0.15, 0.2) is 23.6 Å². The number of thiophene rings is 1. The Labute approximate surface area is 91.3 Å². The minimum atomic E-state index is -0.146. The van der Waals surface area contributed by atoms with Crippen molar-refractivity contribution < 1.29 is 4.79 Å². The number of nitrogens with one attached hydrogen (secondary N) is 2. The first-order valence-corrected chi connectivity index (χ1v) is 5.46. The molecule has 2 N–H and O–H groups in total. The third-order valence-electron chi connectivity index (χ3n) is 1.94. The topological polar surface area (TPSA) is 57.8 Å². The predicted molar refractivity (Wildman–Crippen MR) is 58.8 cm³/mol. The number of nitrogens with zero attached hydrogens (tertiary/aromatic N) is 1. The molecule has 0 bridgehead atoms. The Balaban J connectivity index is 1.93. The lowest BCUT2D eigenvalue weighted by atomic mass is 10.3. The van der Waals surface area contributed by atoms with E-state index in [1.165, 1.54) is 0 Å². The zero-order chi connectivity index (χ0) is 10.7. The lowest BCUT2D eigenvalue weighted by Gasteiger charge is -1.99. The Morgan fingerprint density at radius 3 is 3.13 bits per heavy atom. The average molecular weight is 221 g/mol. The number of H-pyrrole nitrogens is 1. The zero-order valence-electron chi connectivity index (χ0n) is 8.28. The lowest BCUT2D eigenvalue weighted by molar-refractivity contribution is 0.0946.